The average Bonchev–Trinajstić information content (AvgIpc) is 3.16. The van der Waals surface area contributed by atoms with E-state index in [4.69, 9.17) is 0 Å². The molecule has 2 rings (SSSR count). The summed E-state index contributed by atoms with van der Waals surface area (Å²) in [7, 11) is 3.34. The second-order valence-corrected chi connectivity index (χ2v) is 6.31. The predicted octanol–water partition coefficient (Wildman–Crippen LogP) is -1.06. The van der Waals surface area contributed by atoms with E-state index in [-0.39, 0.29) is 24.4 Å². The predicted molar refractivity (Wildman–Crippen MR) is 93.9 cm³/mol. The van der Waals surface area contributed by atoms with Crippen LogP contribution in [0.15, 0.2) is 4.99 Å². The Morgan fingerprint density at radius 3 is 2.21 bits per heavy atom. The van der Waals surface area contributed by atoms with E-state index in [1.807, 2.05) is 11.8 Å². The molecule has 0 spiro atoms. The molecule has 8 nitrogen and oxygen atoms in total. The highest BCUT2D eigenvalue weighted by molar-refractivity contribution is 5.86. The van der Waals surface area contributed by atoms with Crippen LogP contribution in [0.3, 0.4) is 0 Å². The molecule has 1 atom stereocenters. The van der Waals surface area contributed by atoms with Crippen LogP contribution in [-0.4, -0.2) is 98.4 Å². The Balaban J connectivity index is 1.81. The zero-order valence-corrected chi connectivity index (χ0v) is 15.0. The van der Waals surface area contributed by atoms with Crippen LogP contribution in [0.5, 0.6) is 0 Å². The van der Waals surface area contributed by atoms with Gasteiger partial charge in [-0.1, -0.05) is 0 Å². The zero-order chi connectivity index (χ0) is 17.5. The molecule has 2 amide bonds. The van der Waals surface area contributed by atoms with Gasteiger partial charge in [0.15, 0.2) is 5.96 Å². The third-order valence-electron chi connectivity index (χ3n) is 4.83. The molecule has 2 N–H and O–H groups in total. The molecule has 8 heteroatoms. The topological polar surface area (TPSA) is 80.3 Å². The van der Waals surface area contributed by atoms with Gasteiger partial charge in [0.1, 0.15) is 0 Å². The minimum absolute atomic E-state index is 0.0638. The SMILES string of the molecule is CN=C(NCC(=O)NC)N1CCN(C(C)C(=O)N2CCCC2)CC1. The molecule has 0 radical (unpaired) electrons. The zero-order valence-electron chi connectivity index (χ0n) is 15.0. The fourth-order valence-corrected chi connectivity index (χ4v) is 3.26. The van der Waals surface area contributed by atoms with Gasteiger partial charge in [0.25, 0.3) is 0 Å². The lowest BCUT2D eigenvalue weighted by Gasteiger charge is -2.39. The molecule has 2 heterocycles. The van der Waals surface area contributed by atoms with Gasteiger partial charge in [-0.05, 0) is 19.8 Å². The third kappa shape index (κ3) is 4.59. The summed E-state index contributed by atoms with van der Waals surface area (Å²) in [5.41, 5.74) is 0. The summed E-state index contributed by atoms with van der Waals surface area (Å²) < 4.78 is 0. The van der Waals surface area contributed by atoms with Gasteiger partial charge in [-0.2, -0.15) is 0 Å². The van der Waals surface area contributed by atoms with E-state index in [9.17, 15) is 9.59 Å². The highest BCUT2D eigenvalue weighted by Gasteiger charge is 2.30. The van der Waals surface area contributed by atoms with Gasteiger partial charge in [-0.15, -0.1) is 0 Å². The number of rotatable bonds is 4. The van der Waals surface area contributed by atoms with Crippen molar-refractivity contribution >= 4 is 17.8 Å². The van der Waals surface area contributed by atoms with Crippen LogP contribution < -0.4 is 10.6 Å². The Hall–Kier alpha value is -1.83. The van der Waals surface area contributed by atoms with Gasteiger partial charge >= 0.3 is 0 Å². The molecule has 0 saturated carbocycles. The monoisotopic (exact) mass is 338 g/mol. The number of likely N-dealkylation sites (tertiary alicyclic amines) is 1. The molecule has 2 aliphatic heterocycles. The fourth-order valence-electron chi connectivity index (χ4n) is 3.26. The molecule has 1 unspecified atom stereocenters. The number of hydrogen-bond donors (Lipinski definition) is 2. The molecule has 0 bridgehead atoms. The van der Waals surface area contributed by atoms with Gasteiger partial charge in [0.05, 0.1) is 12.6 Å². The van der Waals surface area contributed by atoms with Crippen molar-refractivity contribution in [2.75, 3.05) is 59.9 Å². The van der Waals surface area contributed by atoms with E-state index in [2.05, 4.69) is 25.4 Å². The van der Waals surface area contributed by atoms with E-state index in [0.29, 0.717) is 0 Å². The number of nitrogens with zero attached hydrogens (tertiary/aromatic N) is 4. The number of guanidine groups is 1. The quantitative estimate of drug-likeness (QED) is 0.504. The molecule has 136 valence electrons. The van der Waals surface area contributed by atoms with E-state index < -0.39 is 0 Å². The number of carbonyl (C=O) groups excluding carboxylic acids is 2. The summed E-state index contributed by atoms with van der Waals surface area (Å²) in [5.74, 6) is 0.916. The molecular weight excluding hydrogens is 308 g/mol. The Morgan fingerprint density at radius 1 is 1.04 bits per heavy atom. The molecule has 2 aliphatic rings. The number of likely N-dealkylation sites (N-methyl/N-ethyl adjacent to an activating group) is 1. The molecule has 0 aromatic rings. The summed E-state index contributed by atoms with van der Waals surface area (Å²) in [6.07, 6.45) is 2.25. The first-order valence-electron chi connectivity index (χ1n) is 8.75. The van der Waals surface area contributed by atoms with Crippen molar-refractivity contribution in [2.45, 2.75) is 25.8 Å². The average molecular weight is 338 g/mol. The van der Waals surface area contributed by atoms with Crippen molar-refractivity contribution < 1.29 is 9.59 Å². The highest BCUT2D eigenvalue weighted by atomic mass is 16.2. The second-order valence-electron chi connectivity index (χ2n) is 6.31. The van der Waals surface area contributed by atoms with Crippen molar-refractivity contribution in [2.24, 2.45) is 4.99 Å². The number of amides is 2. The van der Waals surface area contributed by atoms with Crippen LogP contribution in [0.4, 0.5) is 0 Å². The number of aliphatic imine (C=N–C) groups is 1. The Kier molecular flexibility index (Phi) is 6.84. The van der Waals surface area contributed by atoms with Crippen molar-refractivity contribution in [3.63, 3.8) is 0 Å². The van der Waals surface area contributed by atoms with E-state index in [1.54, 1.807) is 14.1 Å². The summed E-state index contributed by atoms with van der Waals surface area (Å²) in [4.78, 5) is 34.5. The molecule has 0 aromatic carbocycles. The highest BCUT2D eigenvalue weighted by Crippen LogP contribution is 2.13. The van der Waals surface area contributed by atoms with Gasteiger partial charge in [0, 0.05) is 53.4 Å². The smallest absolute Gasteiger partial charge is 0.239 e. The van der Waals surface area contributed by atoms with Crippen LogP contribution >= 0.6 is 0 Å². The Bertz CT molecular complexity index is 467. The van der Waals surface area contributed by atoms with Gasteiger partial charge in [-0.25, -0.2) is 0 Å². The van der Waals surface area contributed by atoms with E-state index in [0.717, 1.165) is 58.1 Å². The Morgan fingerprint density at radius 2 is 1.67 bits per heavy atom. The van der Waals surface area contributed by atoms with Crippen molar-refractivity contribution in [3.05, 3.63) is 0 Å². The minimum Gasteiger partial charge on any atom is -0.358 e. The first-order valence-corrected chi connectivity index (χ1v) is 8.75. The molecule has 2 fully saturated rings. The largest absolute Gasteiger partial charge is 0.358 e. The van der Waals surface area contributed by atoms with Crippen LogP contribution in [0.25, 0.3) is 0 Å². The number of carbonyl (C=O) groups is 2. The van der Waals surface area contributed by atoms with E-state index >= 15 is 0 Å². The van der Waals surface area contributed by atoms with Crippen molar-refractivity contribution in [1.29, 1.82) is 0 Å². The van der Waals surface area contributed by atoms with Gasteiger partial charge in [0.2, 0.25) is 11.8 Å². The minimum atomic E-state index is -0.0698. The second kappa shape index (κ2) is 8.86. The maximum atomic E-state index is 12.5. The standard InChI is InChI=1S/C16H30N6O2/c1-13(15(24)21-6-4-5-7-21)20-8-10-22(11-9-20)16(18-3)19-12-14(23)17-2/h13H,4-12H2,1-3H3,(H,17,23)(H,18,19). The fraction of sp³-hybridized carbons (Fsp3) is 0.812. The Labute approximate surface area is 144 Å². The van der Waals surface area contributed by atoms with Crippen LogP contribution in [0.2, 0.25) is 0 Å². The maximum absolute atomic E-state index is 12.5. The summed E-state index contributed by atoms with van der Waals surface area (Å²) in [6, 6.07) is -0.0638. The molecule has 24 heavy (non-hydrogen) atoms. The van der Waals surface area contributed by atoms with Crippen LogP contribution in [-0.2, 0) is 9.59 Å². The summed E-state index contributed by atoms with van der Waals surface area (Å²) in [6.45, 7) is 7.26. The molecule has 2 saturated heterocycles. The van der Waals surface area contributed by atoms with Crippen molar-refractivity contribution in [1.82, 2.24) is 25.3 Å². The number of piperazine rings is 1. The van der Waals surface area contributed by atoms with E-state index in [1.165, 1.54) is 0 Å². The lowest BCUT2D eigenvalue weighted by Crippen LogP contribution is -2.57. The van der Waals surface area contributed by atoms with Gasteiger partial charge in [-0.3, -0.25) is 19.5 Å². The molecule has 0 aliphatic carbocycles. The van der Waals surface area contributed by atoms with Crippen LogP contribution in [0, 0.1) is 0 Å². The number of hydrogen-bond acceptors (Lipinski definition) is 4. The summed E-state index contributed by atoms with van der Waals surface area (Å²) in [5, 5.41) is 5.65. The lowest BCUT2D eigenvalue weighted by atomic mass is 10.2. The summed E-state index contributed by atoms with van der Waals surface area (Å²) >= 11 is 0. The molecular formula is C16H30N6O2. The lowest BCUT2D eigenvalue weighted by molar-refractivity contribution is -0.135. The molecule has 0 aromatic heterocycles. The normalized spacial score (nSPS) is 20.9. The van der Waals surface area contributed by atoms with Crippen LogP contribution in [0.1, 0.15) is 19.8 Å². The third-order valence-corrected chi connectivity index (χ3v) is 4.83. The maximum Gasteiger partial charge on any atom is 0.239 e. The van der Waals surface area contributed by atoms with Crippen molar-refractivity contribution in [3.8, 4) is 0 Å². The first-order chi connectivity index (χ1) is 11.6. The van der Waals surface area contributed by atoms with Gasteiger partial charge < -0.3 is 20.4 Å². The first kappa shape index (κ1) is 18.5. The number of nitrogens with one attached hydrogen (secondary N) is 2.